The molecule has 6 nitrogen and oxygen atoms in total. The molecule has 2 N–H and O–H groups in total. The van der Waals surface area contributed by atoms with Gasteiger partial charge >= 0.3 is 6.03 Å². The van der Waals surface area contributed by atoms with Crippen molar-refractivity contribution in [3.8, 4) is 5.69 Å². The minimum Gasteiger partial charge on any atom is -0.391 e. The lowest BCUT2D eigenvalue weighted by Crippen LogP contribution is -2.38. The number of rotatable bonds is 5. The summed E-state index contributed by atoms with van der Waals surface area (Å²) in [5.41, 5.74) is 1.34. The van der Waals surface area contributed by atoms with E-state index in [1.807, 2.05) is 6.07 Å². The highest BCUT2D eigenvalue weighted by Gasteiger charge is 2.31. The third-order valence-electron chi connectivity index (χ3n) is 3.92. The first-order valence-corrected chi connectivity index (χ1v) is 7.92. The van der Waals surface area contributed by atoms with Gasteiger partial charge in [-0.15, -0.1) is 0 Å². The van der Waals surface area contributed by atoms with E-state index < -0.39 is 6.10 Å². The van der Waals surface area contributed by atoms with Gasteiger partial charge in [0.25, 0.3) is 0 Å². The number of aromatic nitrogens is 2. The maximum atomic E-state index is 12.2. The Labute approximate surface area is 139 Å². The fourth-order valence-electron chi connectivity index (χ4n) is 2.39. The van der Waals surface area contributed by atoms with Crippen LogP contribution in [0.3, 0.4) is 0 Å². The molecule has 3 rings (SSSR count). The van der Waals surface area contributed by atoms with Crippen molar-refractivity contribution in [2.24, 2.45) is 5.92 Å². The molecule has 2 aromatic rings. The number of aliphatic hydroxyl groups is 1. The van der Waals surface area contributed by atoms with E-state index in [-0.39, 0.29) is 6.03 Å². The first kappa shape index (κ1) is 15.8. The predicted molar refractivity (Wildman–Crippen MR) is 89.0 cm³/mol. The maximum absolute atomic E-state index is 12.2. The fraction of sp³-hybridized carbons (Fsp3) is 0.375. The quantitative estimate of drug-likeness (QED) is 0.883. The Kier molecular flexibility index (Phi) is 4.54. The van der Waals surface area contributed by atoms with Crippen LogP contribution >= 0.6 is 11.6 Å². The summed E-state index contributed by atoms with van der Waals surface area (Å²) in [6.07, 6.45) is 5.11. The molecule has 23 heavy (non-hydrogen) atoms. The molecule has 1 aromatic carbocycles. The van der Waals surface area contributed by atoms with Crippen LogP contribution in [0.2, 0.25) is 5.02 Å². The molecule has 1 atom stereocenters. The summed E-state index contributed by atoms with van der Waals surface area (Å²) in [6, 6.07) is 6.79. The Morgan fingerprint density at radius 3 is 2.96 bits per heavy atom. The van der Waals surface area contributed by atoms with Crippen molar-refractivity contribution in [2.75, 3.05) is 18.9 Å². The van der Waals surface area contributed by atoms with E-state index in [9.17, 15) is 9.90 Å². The second-order valence-electron chi connectivity index (χ2n) is 5.83. The molecule has 7 heteroatoms. The zero-order valence-electron chi connectivity index (χ0n) is 12.8. The number of anilines is 1. The van der Waals surface area contributed by atoms with Gasteiger partial charge in [0.15, 0.2) is 0 Å². The minimum atomic E-state index is -0.448. The van der Waals surface area contributed by atoms with Gasteiger partial charge in [0.05, 0.1) is 16.8 Å². The summed E-state index contributed by atoms with van der Waals surface area (Å²) in [7, 11) is 1.67. The maximum Gasteiger partial charge on any atom is 0.321 e. The van der Waals surface area contributed by atoms with Crippen LogP contribution in [-0.2, 0) is 0 Å². The number of aliphatic hydroxyl groups excluding tert-OH is 1. The fourth-order valence-corrected chi connectivity index (χ4v) is 2.66. The van der Waals surface area contributed by atoms with E-state index in [0.717, 1.165) is 18.5 Å². The first-order chi connectivity index (χ1) is 11.0. The highest BCUT2D eigenvalue weighted by atomic mass is 35.5. The molecule has 1 heterocycles. The van der Waals surface area contributed by atoms with E-state index in [4.69, 9.17) is 11.6 Å². The van der Waals surface area contributed by atoms with E-state index in [1.165, 1.54) is 4.90 Å². The smallest absolute Gasteiger partial charge is 0.321 e. The summed E-state index contributed by atoms with van der Waals surface area (Å²) in [5, 5.41) is 17.3. The number of carbonyl (C=O) groups is 1. The van der Waals surface area contributed by atoms with Crippen molar-refractivity contribution >= 4 is 23.3 Å². The third-order valence-corrected chi connectivity index (χ3v) is 4.23. The number of nitrogens with one attached hydrogen (secondary N) is 1. The Morgan fingerprint density at radius 1 is 1.57 bits per heavy atom. The van der Waals surface area contributed by atoms with Crippen LogP contribution < -0.4 is 5.32 Å². The van der Waals surface area contributed by atoms with Crippen molar-refractivity contribution in [3.63, 3.8) is 0 Å². The number of hydrogen-bond acceptors (Lipinski definition) is 3. The third kappa shape index (κ3) is 3.83. The number of carbonyl (C=O) groups excluding carboxylic acids is 1. The van der Waals surface area contributed by atoms with Gasteiger partial charge in [0.1, 0.15) is 0 Å². The average molecular weight is 335 g/mol. The van der Waals surface area contributed by atoms with Gasteiger partial charge in [-0.2, -0.15) is 5.10 Å². The largest absolute Gasteiger partial charge is 0.391 e. The number of halogens is 1. The highest BCUT2D eigenvalue weighted by Crippen LogP contribution is 2.32. The average Bonchev–Trinajstić information content (AvgIpc) is 3.23. The normalized spacial score (nSPS) is 15.3. The van der Waals surface area contributed by atoms with Crippen molar-refractivity contribution in [1.29, 1.82) is 0 Å². The molecule has 1 fully saturated rings. The molecule has 2 amide bonds. The monoisotopic (exact) mass is 334 g/mol. The van der Waals surface area contributed by atoms with E-state index in [2.05, 4.69) is 10.4 Å². The second kappa shape index (κ2) is 6.60. The Hall–Kier alpha value is -2.05. The van der Waals surface area contributed by atoms with Gasteiger partial charge in [-0.25, -0.2) is 9.48 Å². The zero-order valence-corrected chi connectivity index (χ0v) is 13.6. The van der Waals surface area contributed by atoms with Gasteiger partial charge in [0.2, 0.25) is 0 Å². The van der Waals surface area contributed by atoms with Crippen molar-refractivity contribution in [3.05, 3.63) is 41.7 Å². The van der Waals surface area contributed by atoms with Crippen molar-refractivity contribution < 1.29 is 9.90 Å². The lowest BCUT2D eigenvalue weighted by Gasteiger charge is -2.21. The number of benzene rings is 1. The second-order valence-corrected chi connectivity index (χ2v) is 6.24. The van der Waals surface area contributed by atoms with Gasteiger partial charge in [-0.3, -0.25) is 0 Å². The minimum absolute atomic E-state index is 0.271. The number of amides is 2. The number of likely N-dealkylation sites (N-methyl/N-ethyl adjacent to an activating group) is 1. The first-order valence-electron chi connectivity index (χ1n) is 7.54. The Bertz CT molecular complexity index is 685. The summed E-state index contributed by atoms with van der Waals surface area (Å²) >= 11 is 6.25. The Balaban J connectivity index is 1.63. The number of hydrogen-bond donors (Lipinski definition) is 2. The molecule has 1 saturated carbocycles. The number of nitrogens with zero attached hydrogens (tertiary/aromatic N) is 3. The van der Waals surface area contributed by atoms with Gasteiger partial charge in [-0.1, -0.05) is 11.6 Å². The molecule has 0 saturated heterocycles. The Morgan fingerprint density at radius 2 is 2.35 bits per heavy atom. The van der Waals surface area contributed by atoms with E-state index >= 15 is 0 Å². The standard InChI is InChI=1S/C16H19ClN4O2/c1-20(10-15(22)11-3-4-11)16(23)19-12-5-6-14(13(17)9-12)21-8-2-7-18-21/h2,5-9,11,15,22H,3-4,10H2,1H3,(H,19,23). The van der Waals surface area contributed by atoms with Crippen LogP contribution in [0.1, 0.15) is 12.8 Å². The lowest BCUT2D eigenvalue weighted by atomic mass is 10.2. The van der Waals surface area contributed by atoms with E-state index in [0.29, 0.717) is 23.2 Å². The zero-order chi connectivity index (χ0) is 16.4. The number of urea groups is 1. The summed E-state index contributed by atoms with van der Waals surface area (Å²) < 4.78 is 1.66. The van der Waals surface area contributed by atoms with Crippen LogP contribution in [0, 0.1) is 5.92 Å². The van der Waals surface area contributed by atoms with Gasteiger partial charge in [0, 0.05) is 31.7 Å². The molecule has 1 aliphatic rings. The van der Waals surface area contributed by atoms with Crippen LogP contribution in [-0.4, -0.2) is 45.5 Å². The van der Waals surface area contributed by atoms with Crippen LogP contribution in [0.15, 0.2) is 36.7 Å². The van der Waals surface area contributed by atoms with Crippen LogP contribution in [0.25, 0.3) is 5.69 Å². The highest BCUT2D eigenvalue weighted by molar-refractivity contribution is 6.32. The molecule has 122 valence electrons. The van der Waals surface area contributed by atoms with Crippen LogP contribution in [0.5, 0.6) is 0 Å². The van der Waals surface area contributed by atoms with Gasteiger partial charge < -0.3 is 15.3 Å². The molecule has 0 spiro atoms. The molecule has 1 aliphatic carbocycles. The molecule has 0 aliphatic heterocycles. The molecular weight excluding hydrogens is 316 g/mol. The van der Waals surface area contributed by atoms with Crippen molar-refractivity contribution in [2.45, 2.75) is 18.9 Å². The van der Waals surface area contributed by atoms with Crippen molar-refractivity contribution in [1.82, 2.24) is 14.7 Å². The predicted octanol–water partition coefficient (Wildman–Crippen LogP) is 2.76. The summed E-state index contributed by atoms with van der Waals surface area (Å²) in [5.74, 6) is 0.341. The molecular formula is C16H19ClN4O2. The van der Waals surface area contributed by atoms with Crippen LogP contribution in [0.4, 0.5) is 10.5 Å². The summed E-state index contributed by atoms with van der Waals surface area (Å²) in [4.78, 5) is 13.6. The topological polar surface area (TPSA) is 70.4 Å². The SMILES string of the molecule is CN(CC(O)C1CC1)C(=O)Nc1ccc(-n2cccn2)c(Cl)c1. The molecule has 1 unspecified atom stereocenters. The molecule has 0 radical (unpaired) electrons. The van der Waals surface area contributed by atoms with Gasteiger partial charge in [-0.05, 0) is 43.0 Å². The summed E-state index contributed by atoms with van der Waals surface area (Å²) in [6.45, 7) is 0.329. The molecule has 0 bridgehead atoms. The van der Waals surface area contributed by atoms with E-state index in [1.54, 1.807) is 42.3 Å². The lowest BCUT2D eigenvalue weighted by molar-refractivity contribution is 0.117. The molecule has 1 aromatic heterocycles.